The molecule has 0 amide bonds. The maximum atomic E-state index is 11.4. The monoisotopic (exact) mass is 198 g/mol. The zero-order valence-corrected chi connectivity index (χ0v) is 8.98. The summed E-state index contributed by atoms with van der Waals surface area (Å²) in [7, 11) is -3.04. The van der Waals surface area contributed by atoms with Gasteiger partial charge in [0.25, 0.3) is 0 Å². The van der Waals surface area contributed by atoms with Gasteiger partial charge < -0.3 is 0 Å². The van der Waals surface area contributed by atoms with Gasteiger partial charge in [-0.2, -0.15) is 0 Å². The molecule has 0 spiro atoms. The van der Waals surface area contributed by atoms with Crippen molar-refractivity contribution in [3.05, 3.63) is 34.3 Å². The van der Waals surface area contributed by atoms with Gasteiger partial charge in [-0.15, -0.1) is 0 Å². The third-order valence-corrected chi connectivity index (χ3v) is 3.61. The highest BCUT2D eigenvalue weighted by molar-refractivity contribution is 7.94. The first kappa shape index (κ1) is 10.3. The van der Waals surface area contributed by atoms with E-state index < -0.39 is 9.84 Å². The summed E-state index contributed by atoms with van der Waals surface area (Å²) in [4.78, 5) is 0.537. The van der Waals surface area contributed by atoms with E-state index in [0.29, 0.717) is 11.3 Å². The summed E-state index contributed by atoms with van der Waals surface area (Å²) < 4.78 is 22.8. The Bertz CT molecular complexity index is 395. The van der Waals surface area contributed by atoms with Gasteiger partial charge in [-0.05, 0) is 25.0 Å². The molecule has 0 aromatic rings. The van der Waals surface area contributed by atoms with Crippen molar-refractivity contribution in [1.82, 2.24) is 0 Å². The molecule has 13 heavy (non-hydrogen) atoms. The molecule has 0 fully saturated rings. The summed E-state index contributed by atoms with van der Waals surface area (Å²) in [5.41, 5.74) is 1.90. The largest absolute Gasteiger partial charge is 0.224 e. The number of hydrogen-bond donors (Lipinski definition) is 0. The van der Waals surface area contributed by atoms with Gasteiger partial charge in [0.1, 0.15) is 0 Å². The lowest BCUT2D eigenvalue weighted by atomic mass is 10.1. The Balaban J connectivity index is 3.31. The second-order valence-electron chi connectivity index (χ2n) is 3.30. The lowest BCUT2D eigenvalue weighted by Gasteiger charge is -2.07. The zero-order chi connectivity index (χ0) is 10.1. The Morgan fingerprint density at radius 3 is 2.46 bits per heavy atom. The van der Waals surface area contributed by atoms with Crippen LogP contribution in [0.1, 0.15) is 20.3 Å². The lowest BCUT2D eigenvalue weighted by molar-refractivity contribution is 0.606. The van der Waals surface area contributed by atoms with E-state index in [0.717, 1.165) is 11.1 Å². The summed E-state index contributed by atoms with van der Waals surface area (Å²) in [6.45, 7) is 3.78. The van der Waals surface area contributed by atoms with Crippen LogP contribution in [-0.2, 0) is 9.84 Å². The predicted molar refractivity (Wildman–Crippen MR) is 55.1 cm³/mol. The highest BCUT2D eigenvalue weighted by Gasteiger charge is 2.15. The van der Waals surface area contributed by atoms with Crippen molar-refractivity contribution in [3.8, 4) is 0 Å². The van der Waals surface area contributed by atoms with Crippen LogP contribution in [0.3, 0.4) is 0 Å². The standard InChI is InChI=1S/C10H14O2S/c1-8-6-4-5-7-10(9(8)2)13(3,11)12/h4-6H,7H2,1-3H3. The first-order valence-corrected chi connectivity index (χ1v) is 6.05. The fourth-order valence-corrected chi connectivity index (χ4v) is 2.43. The maximum absolute atomic E-state index is 11.4. The van der Waals surface area contributed by atoms with Crippen LogP contribution < -0.4 is 0 Å². The molecule has 1 aliphatic carbocycles. The first-order valence-electron chi connectivity index (χ1n) is 4.16. The molecule has 0 N–H and O–H groups in total. The number of rotatable bonds is 1. The van der Waals surface area contributed by atoms with Gasteiger partial charge in [0.2, 0.25) is 0 Å². The minimum atomic E-state index is -3.04. The van der Waals surface area contributed by atoms with Crippen molar-refractivity contribution in [2.45, 2.75) is 20.3 Å². The Labute approximate surface area is 79.6 Å². The predicted octanol–water partition coefficient (Wildman–Crippen LogP) is 2.21. The highest BCUT2D eigenvalue weighted by Crippen LogP contribution is 2.23. The van der Waals surface area contributed by atoms with E-state index in [1.165, 1.54) is 6.26 Å². The smallest absolute Gasteiger partial charge is 0.172 e. The summed E-state index contributed by atoms with van der Waals surface area (Å²) >= 11 is 0. The molecule has 0 unspecified atom stereocenters. The summed E-state index contributed by atoms with van der Waals surface area (Å²) in [6, 6.07) is 0. The summed E-state index contributed by atoms with van der Waals surface area (Å²) in [6.07, 6.45) is 7.48. The average molecular weight is 198 g/mol. The van der Waals surface area contributed by atoms with E-state index in [2.05, 4.69) is 0 Å². The zero-order valence-electron chi connectivity index (χ0n) is 8.16. The molecular weight excluding hydrogens is 184 g/mol. The average Bonchev–Trinajstić information content (AvgIpc) is 2.14. The molecule has 0 bridgehead atoms. The summed E-state index contributed by atoms with van der Waals surface area (Å²) in [5, 5.41) is 0. The first-order chi connectivity index (χ1) is 5.93. The molecule has 0 aromatic carbocycles. The number of hydrogen-bond acceptors (Lipinski definition) is 2. The molecule has 0 saturated heterocycles. The van der Waals surface area contributed by atoms with Gasteiger partial charge in [-0.3, -0.25) is 0 Å². The maximum Gasteiger partial charge on any atom is 0.172 e. The van der Waals surface area contributed by atoms with E-state index in [9.17, 15) is 8.42 Å². The van der Waals surface area contributed by atoms with Gasteiger partial charge in [0.05, 0.1) is 4.91 Å². The lowest BCUT2D eigenvalue weighted by Crippen LogP contribution is -2.03. The molecule has 3 heteroatoms. The highest BCUT2D eigenvalue weighted by atomic mass is 32.2. The van der Waals surface area contributed by atoms with Crippen molar-refractivity contribution in [1.29, 1.82) is 0 Å². The molecule has 1 rings (SSSR count). The van der Waals surface area contributed by atoms with Crippen molar-refractivity contribution < 1.29 is 8.42 Å². The fraction of sp³-hybridized carbons (Fsp3) is 0.400. The van der Waals surface area contributed by atoms with Gasteiger partial charge in [0.15, 0.2) is 9.84 Å². The minimum Gasteiger partial charge on any atom is -0.224 e. The minimum absolute atomic E-state index is 0.512. The molecule has 2 nitrogen and oxygen atoms in total. The third kappa shape index (κ3) is 2.31. The molecule has 72 valence electrons. The second-order valence-corrected chi connectivity index (χ2v) is 5.34. The number of sulfone groups is 1. The van der Waals surface area contributed by atoms with E-state index in [4.69, 9.17) is 0 Å². The molecule has 0 aromatic heterocycles. The van der Waals surface area contributed by atoms with Crippen LogP contribution in [0.4, 0.5) is 0 Å². The van der Waals surface area contributed by atoms with E-state index in [-0.39, 0.29) is 0 Å². The van der Waals surface area contributed by atoms with Crippen molar-refractivity contribution in [2.75, 3.05) is 6.26 Å². The van der Waals surface area contributed by atoms with Crippen molar-refractivity contribution in [3.63, 3.8) is 0 Å². The topological polar surface area (TPSA) is 34.1 Å². The number of allylic oxidation sites excluding steroid dienone is 6. The third-order valence-electron chi connectivity index (χ3n) is 2.24. The van der Waals surface area contributed by atoms with Gasteiger partial charge in [-0.1, -0.05) is 18.2 Å². The van der Waals surface area contributed by atoms with E-state index in [1.807, 2.05) is 32.1 Å². The Morgan fingerprint density at radius 2 is 1.92 bits per heavy atom. The Hall–Kier alpha value is -0.830. The molecule has 0 radical (unpaired) electrons. The van der Waals surface area contributed by atoms with Crippen LogP contribution in [0, 0.1) is 0 Å². The Morgan fingerprint density at radius 1 is 1.31 bits per heavy atom. The molecule has 0 heterocycles. The van der Waals surface area contributed by atoms with Crippen LogP contribution in [0.15, 0.2) is 34.3 Å². The summed E-state index contributed by atoms with van der Waals surface area (Å²) in [5.74, 6) is 0. The van der Waals surface area contributed by atoms with Crippen molar-refractivity contribution >= 4 is 9.84 Å². The van der Waals surface area contributed by atoms with Gasteiger partial charge >= 0.3 is 0 Å². The van der Waals surface area contributed by atoms with Crippen LogP contribution in [0.5, 0.6) is 0 Å². The van der Waals surface area contributed by atoms with E-state index in [1.54, 1.807) is 0 Å². The molecular formula is C10H14O2S. The van der Waals surface area contributed by atoms with E-state index >= 15 is 0 Å². The van der Waals surface area contributed by atoms with Gasteiger partial charge in [0, 0.05) is 12.7 Å². The van der Waals surface area contributed by atoms with Crippen LogP contribution >= 0.6 is 0 Å². The molecule has 0 atom stereocenters. The SMILES string of the molecule is CC1=CC=CCC(S(C)(=O)=O)=C1C. The van der Waals surface area contributed by atoms with Crippen LogP contribution in [-0.4, -0.2) is 14.7 Å². The quantitative estimate of drug-likeness (QED) is 0.647. The normalized spacial score (nSPS) is 18.5. The molecule has 0 saturated carbocycles. The second kappa shape index (κ2) is 3.50. The van der Waals surface area contributed by atoms with Crippen LogP contribution in [0.2, 0.25) is 0 Å². The van der Waals surface area contributed by atoms with Gasteiger partial charge in [-0.25, -0.2) is 8.42 Å². The van der Waals surface area contributed by atoms with Crippen molar-refractivity contribution in [2.24, 2.45) is 0 Å². The fourth-order valence-electron chi connectivity index (χ4n) is 1.31. The molecule has 1 aliphatic rings. The Kier molecular flexibility index (Phi) is 2.76. The van der Waals surface area contributed by atoms with Crippen LogP contribution in [0.25, 0.3) is 0 Å². The molecule has 0 aliphatic heterocycles.